The summed E-state index contributed by atoms with van der Waals surface area (Å²) in [7, 11) is 0. The second kappa shape index (κ2) is 3.79. The van der Waals surface area contributed by atoms with Gasteiger partial charge in [0, 0.05) is 5.92 Å². The number of benzene rings is 1. The van der Waals surface area contributed by atoms with Gasteiger partial charge in [0.15, 0.2) is 0 Å². The van der Waals surface area contributed by atoms with Gasteiger partial charge in [0.1, 0.15) is 0 Å². The van der Waals surface area contributed by atoms with Crippen LogP contribution in [0.15, 0.2) is 55.1 Å². The zero-order chi connectivity index (χ0) is 11.0. The standard InChI is InChI=1S/C16H16/c1-12-15-8-4-2-6-13(15)10-11-14-7-3-5-9-16(12)14/h2-9,13,15H,1,10-11H2. The van der Waals surface area contributed by atoms with Crippen LogP contribution in [0.1, 0.15) is 17.5 Å². The maximum atomic E-state index is 4.31. The Morgan fingerprint density at radius 1 is 1.06 bits per heavy atom. The summed E-state index contributed by atoms with van der Waals surface area (Å²) in [5.41, 5.74) is 4.12. The van der Waals surface area contributed by atoms with Gasteiger partial charge in [-0.25, -0.2) is 0 Å². The van der Waals surface area contributed by atoms with Crippen molar-refractivity contribution in [3.8, 4) is 0 Å². The van der Waals surface area contributed by atoms with E-state index in [-0.39, 0.29) is 0 Å². The van der Waals surface area contributed by atoms with Gasteiger partial charge in [-0.3, -0.25) is 0 Å². The second-order valence-electron chi connectivity index (χ2n) is 4.68. The lowest BCUT2D eigenvalue weighted by atomic mass is 9.81. The van der Waals surface area contributed by atoms with Crippen LogP contribution in [0.3, 0.4) is 0 Å². The SMILES string of the molecule is C=C1c2ccccc2CCC2C=CC=CC12. The summed E-state index contributed by atoms with van der Waals surface area (Å²) in [4.78, 5) is 0. The lowest BCUT2D eigenvalue weighted by molar-refractivity contribution is 0.530. The van der Waals surface area contributed by atoms with Crippen molar-refractivity contribution in [3.63, 3.8) is 0 Å². The number of allylic oxidation sites excluding steroid dienone is 5. The monoisotopic (exact) mass is 208 g/mol. The van der Waals surface area contributed by atoms with Gasteiger partial charge in [-0.15, -0.1) is 0 Å². The molecule has 2 unspecified atom stereocenters. The van der Waals surface area contributed by atoms with E-state index in [4.69, 9.17) is 0 Å². The maximum absolute atomic E-state index is 4.31. The molecule has 0 aliphatic heterocycles. The Labute approximate surface area is 97.0 Å². The first-order valence-corrected chi connectivity index (χ1v) is 5.98. The molecule has 0 saturated heterocycles. The Morgan fingerprint density at radius 3 is 2.81 bits per heavy atom. The highest BCUT2D eigenvalue weighted by Crippen LogP contribution is 2.39. The molecule has 16 heavy (non-hydrogen) atoms. The fourth-order valence-corrected chi connectivity index (χ4v) is 2.86. The Bertz CT molecular complexity index is 477. The summed E-state index contributed by atoms with van der Waals surface area (Å²) in [5, 5.41) is 0. The molecule has 3 rings (SSSR count). The normalized spacial score (nSPS) is 27.1. The van der Waals surface area contributed by atoms with E-state index >= 15 is 0 Å². The molecule has 0 saturated carbocycles. The molecule has 1 aromatic carbocycles. The van der Waals surface area contributed by atoms with Crippen LogP contribution >= 0.6 is 0 Å². The van der Waals surface area contributed by atoms with E-state index in [0.717, 1.165) is 0 Å². The van der Waals surface area contributed by atoms with Gasteiger partial charge in [-0.1, -0.05) is 55.1 Å². The summed E-state index contributed by atoms with van der Waals surface area (Å²) < 4.78 is 0. The van der Waals surface area contributed by atoms with E-state index in [1.165, 1.54) is 29.5 Å². The fourth-order valence-electron chi connectivity index (χ4n) is 2.86. The molecule has 0 spiro atoms. The van der Waals surface area contributed by atoms with Gasteiger partial charge in [0.2, 0.25) is 0 Å². The average molecular weight is 208 g/mol. The molecule has 0 amide bonds. The summed E-state index contributed by atoms with van der Waals surface area (Å²) in [6.45, 7) is 4.31. The predicted octanol–water partition coefficient (Wildman–Crippen LogP) is 4.00. The molecule has 0 nitrogen and oxygen atoms in total. The molecule has 2 aliphatic rings. The lowest BCUT2D eigenvalue weighted by Crippen LogP contribution is -2.12. The number of hydrogen-bond donors (Lipinski definition) is 0. The number of aryl methyl sites for hydroxylation is 1. The zero-order valence-electron chi connectivity index (χ0n) is 9.39. The topological polar surface area (TPSA) is 0 Å². The van der Waals surface area contributed by atoms with Gasteiger partial charge in [0.05, 0.1) is 0 Å². The van der Waals surface area contributed by atoms with Crippen molar-refractivity contribution < 1.29 is 0 Å². The van der Waals surface area contributed by atoms with Crippen LogP contribution in [0.5, 0.6) is 0 Å². The van der Waals surface area contributed by atoms with Gasteiger partial charge in [-0.05, 0) is 35.5 Å². The van der Waals surface area contributed by atoms with Crippen molar-refractivity contribution in [1.29, 1.82) is 0 Å². The van der Waals surface area contributed by atoms with Crippen molar-refractivity contribution in [2.24, 2.45) is 11.8 Å². The lowest BCUT2D eigenvalue weighted by Gasteiger charge is -2.23. The molecule has 0 fully saturated rings. The van der Waals surface area contributed by atoms with Gasteiger partial charge < -0.3 is 0 Å². The van der Waals surface area contributed by atoms with Crippen LogP contribution in [-0.4, -0.2) is 0 Å². The highest BCUT2D eigenvalue weighted by Gasteiger charge is 2.26. The molecule has 0 radical (unpaired) electrons. The van der Waals surface area contributed by atoms with Crippen LogP contribution in [0, 0.1) is 11.8 Å². The first kappa shape index (κ1) is 9.65. The summed E-state index contributed by atoms with van der Waals surface area (Å²) >= 11 is 0. The first-order valence-electron chi connectivity index (χ1n) is 5.98. The Hall–Kier alpha value is -1.56. The Balaban J connectivity index is 2.07. The third kappa shape index (κ3) is 1.46. The van der Waals surface area contributed by atoms with E-state index in [1.807, 2.05) is 0 Å². The molecule has 2 aliphatic carbocycles. The van der Waals surface area contributed by atoms with E-state index in [0.29, 0.717) is 11.8 Å². The zero-order valence-corrected chi connectivity index (χ0v) is 9.39. The number of fused-ring (bicyclic) bond motifs is 2. The van der Waals surface area contributed by atoms with Crippen molar-refractivity contribution in [2.45, 2.75) is 12.8 Å². The largest absolute Gasteiger partial charge is 0.0946 e. The van der Waals surface area contributed by atoms with Crippen LogP contribution in [0.4, 0.5) is 0 Å². The van der Waals surface area contributed by atoms with Crippen molar-refractivity contribution in [2.75, 3.05) is 0 Å². The Kier molecular flexibility index (Phi) is 2.28. The van der Waals surface area contributed by atoms with E-state index in [9.17, 15) is 0 Å². The minimum absolute atomic E-state index is 0.508. The van der Waals surface area contributed by atoms with Gasteiger partial charge >= 0.3 is 0 Å². The van der Waals surface area contributed by atoms with E-state index in [1.54, 1.807) is 0 Å². The molecular weight excluding hydrogens is 192 g/mol. The maximum Gasteiger partial charge on any atom is 0.00843 e. The van der Waals surface area contributed by atoms with Gasteiger partial charge in [0.25, 0.3) is 0 Å². The highest BCUT2D eigenvalue weighted by atomic mass is 14.3. The average Bonchev–Trinajstić information content (AvgIpc) is 2.49. The Morgan fingerprint density at radius 2 is 1.88 bits per heavy atom. The van der Waals surface area contributed by atoms with Crippen LogP contribution in [0.25, 0.3) is 5.57 Å². The summed E-state index contributed by atoms with van der Waals surface area (Å²) in [6, 6.07) is 8.71. The molecule has 0 N–H and O–H groups in total. The molecule has 1 aromatic rings. The summed E-state index contributed by atoms with van der Waals surface area (Å²) in [6.07, 6.45) is 11.4. The quantitative estimate of drug-likeness (QED) is 0.604. The third-order valence-corrected chi connectivity index (χ3v) is 3.76. The molecular formula is C16H16. The number of hydrogen-bond acceptors (Lipinski definition) is 0. The smallest absolute Gasteiger partial charge is 0.00843 e. The predicted molar refractivity (Wildman–Crippen MR) is 69.1 cm³/mol. The highest BCUT2D eigenvalue weighted by molar-refractivity contribution is 5.71. The van der Waals surface area contributed by atoms with Crippen LogP contribution in [-0.2, 0) is 6.42 Å². The van der Waals surface area contributed by atoms with Crippen molar-refractivity contribution >= 4 is 5.57 Å². The minimum Gasteiger partial charge on any atom is -0.0946 e. The van der Waals surface area contributed by atoms with Crippen LogP contribution < -0.4 is 0 Å². The van der Waals surface area contributed by atoms with E-state index < -0.39 is 0 Å². The van der Waals surface area contributed by atoms with Crippen molar-refractivity contribution in [3.05, 3.63) is 66.3 Å². The van der Waals surface area contributed by atoms with Gasteiger partial charge in [-0.2, -0.15) is 0 Å². The third-order valence-electron chi connectivity index (χ3n) is 3.76. The molecule has 2 atom stereocenters. The first-order chi connectivity index (χ1) is 7.86. The minimum atomic E-state index is 0.508. The molecule has 0 aromatic heterocycles. The second-order valence-corrected chi connectivity index (χ2v) is 4.68. The van der Waals surface area contributed by atoms with E-state index in [2.05, 4.69) is 55.1 Å². The molecule has 80 valence electrons. The number of rotatable bonds is 0. The van der Waals surface area contributed by atoms with Crippen molar-refractivity contribution in [1.82, 2.24) is 0 Å². The molecule has 0 heteroatoms. The molecule has 0 bridgehead atoms. The summed E-state index contributed by atoms with van der Waals surface area (Å²) in [5.74, 6) is 1.15. The molecule has 0 heterocycles. The van der Waals surface area contributed by atoms with Crippen LogP contribution in [0.2, 0.25) is 0 Å². The fraction of sp³-hybridized carbons (Fsp3) is 0.250.